The number of aliphatic carboxylic acids is 3. The third-order valence-electron chi connectivity index (χ3n) is 4.89. The second-order valence-corrected chi connectivity index (χ2v) is 12.4. The number of nitrogens with zero attached hydrogens (tertiary/aromatic N) is 2. The van der Waals surface area contributed by atoms with Gasteiger partial charge in [-0.2, -0.15) is 0 Å². The van der Waals surface area contributed by atoms with Crippen LogP contribution in [-0.4, -0.2) is 185 Å². The molecule has 21 heteroatoms. The molecule has 3 aromatic rings. The molecule has 19 nitrogen and oxygen atoms in total. The van der Waals surface area contributed by atoms with Gasteiger partial charge in [0.05, 0.1) is 72.2 Å². The summed E-state index contributed by atoms with van der Waals surface area (Å²) in [6.07, 6.45) is 0. The molecular formula is C37H52Mg2N2O17. The minimum atomic E-state index is -1.18. The zero-order valence-corrected chi connectivity index (χ0v) is 37.0. The van der Waals surface area contributed by atoms with E-state index in [-0.39, 0.29) is 76.0 Å². The van der Waals surface area contributed by atoms with Crippen LogP contribution in [0.3, 0.4) is 0 Å². The molecule has 0 aliphatic heterocycles. The van der Waals surface area contributed by atoms with Crippen LogP contribution in [0.4, 0.5) is 0 Å². The maximum Gasteiger partial charge on any atom is 2.00 e. The van der Waals surface area contributed by atoms with Crippen molar-refractivity contribution in [1.29, 1.82) is 0 Å². The Morgan fingerprint density at radius 2 is 0.603 bits per heavy atom. The molecular weight excluding hydrogens is 793 g/mol. The molecule has 5 N–H and O–H groups in total. The van der Waals surface area contributed by atoms with Crippen LogP contribution in [0.5, 0.6) is 17.2 Å². The van der Waals surface area contributed by atoms with Crippen LogP contribution >= 0.6 is 0 Å². The number of carboxylic acids is 6. The molecule has 0 heterocycles. The standard InChI is InChI=1S/3C7H6O3.2C5H14NO.3C2H4O2.2Mg/c3*8-6-4-2-1-3-5(6)7(9)10;2*1-6(2,3)4-5-7;3*1-2(3)4;;/h3*1-4,8H,(H,9,10);2*7H,4-5H2,1-3H3;3*1H3,(H,3,4);;/q;;;2*+1;;;;2*+2/p-6. The number of likely N-dealkylation sites (N-methyl/N-ethyl adjacent to an activating group) is 2. The predicted octanol–water partition coefficient (Wildman–Crippen LogP) is -3.75. The summed E-state index contributed by atoms with van der Waals surface area (Å²) in [6, 6.07) is 16.6. The number of carbonyl (C=O) groups excluding carboxylic acids is 3. The summed E-state index contributed by atoms with van der Waals surface area (Å²) < 4.78 is 1.69. The summed E-state index contributed by atoms with van der Waals surface area (Å²) >= 11 is 0. The van der Waals surface area contributed by atoms with E-state index in [9.17, 15) is 29.7 Å². The maximum atomic E-state index is 10.7. The van der Waals surface area contributed by atoms with E-state index >= 15 is 0 Å². The third kappa shape index (κ3) is 55.6. The smallest absolute Gasteiger partial charge is 0.872 e. The van der Waals surface area contributed by atoms with Gasteiger partial charge in [0.15, 0.2) is 0 Å². The molecule has 58 heavy (non-hydrogen) atoms. The van der Waals surface area contributed by atoms with Crippen molar-refractivity contribution >= 4 is 81.9 Å². The van der Waals surface area contributed by atoms with E-state index in [1.807, 2.05) is 0 Å². The fourth-order valence-electron chi connectivity index (χ4n) is 2.53. The van der Waals surface area contributed by atoms with Crippen molar-refractivity contribution < 1.29 is 93.9 Å². The van der Waals surface area contributed by atoms with E-state index in [0.29, 0.717) is 0 Å². The summed E-state index contributed by atoms with van der Waals surface area (Å²) in [7, 11) is 12.3. The number of aromatic carboxylic acids is 3. The fourth-order valence-corrected chi connectivity index (χ4v) is 2.53. The van der Waals surface area contributed by atoms with E-state index in [0.717, 1.165) is 42.8 Å². The van der Waals surface area contributed by atoms with Crippen LogP contribution in [-0.2, 0) is 14.4 Å². The Bertz CT molecular complexity index is 1410. The number of benzene rings is 3. The van der Waals surface area contributed by atoms with Crippen LogP contribution in [0.25, 0.3) is 0 Å². The monoisotopic (exact) mass is 844 g/mol. The number of aliphatic hydroxyl groups is 2. The van der Waals surface area contributed by atoms with Gasteiger partial charge in [-0.15, -0.1) is 0 Å². The molecule has 316 valence electrons. The first-order valence-corrected chi connectivity index (χ1v) is 15.8. The Kier molecular flexibility index (Phi) is 45.8. The van der Waals surface area contributed by atoms with Crippen molar-refractivity contribution in [3.63, 3.8) is 0 Å². The fraction of sp³-hybridized carbons (Fsp3) is 0.351. The summed E-state index contributed by atoms with van der Waals surface area (Å²) in [4.78, 5) is 57.3. The largest absolute Gasteiger partial charge is 2.00 e. The van der Waals surface area contributed by atoms with Gasteiger partial charge in [0.1, 0.15) is 13.1 Å². The maximum absolute atomic E-state index is 10.7. The quantitative estimate of drug-likeness (QED) is 0.113. The average Bonchev–Trinajstić information content (AvgIpc) is 3.01. The summed E-state index contributed by atoms with van der Waals surface area (Å²) in [5, 5.41) is 101. The first kappa shape index (κ1) is 68.0. The van der Waals surface area contributed by atoms with Crippen molar-refractivity contribution in [1.82, 2.24) is 0 Å². The molecule has 0 radical (unpaired) electrons. The Balaban J connectivity index is -0.000000105. The Morgan fingerprint density at radius 1 is 0.448 bits per heavy atom. The predicted molar refractivity (Wildman–Crippen MR) is 202 cm³/mol. The molecule has 0 bridgehead atoms. The number of carboxylic acid groups (broad SMARTS) is 6. The molecule has 3 aromatic carbocycles. The topological polar surface area (TPSA) is 342 Å². The van der Waals surface area contributed by atoms with Crippen molar-refractivity contribution in [2.24, 2.45) is 0 Å². The number of hydrogen-bond acceptors (Lipinski definition) is 14. The normalized spacial score (nSPS) is 8.95. The zero-order valence-electron chi connectivity index (χ0n) is 34.2. The summed E-state index contributed by atoms with van der Waals surface area (Å²) in [6.45, 7) is 5.15. The molecule has 0 unspecified atom stereocenters. The molecule has 3 rings (SSSR count). The number of aliphatic hydroxyl groups excluding tert-OH is 2. The Hall–Kier alpha value is -4.75. The number of para-hydroxylation sites is 3. The molecule has 0 fully saturated rings. The SMILES string of the molecule is CC(=O)[O-].CC(=O)[O-].CC(=O)[O-].C[N+](C)(C)CCO.C[N+](C)(C)CCO.O=C(O)c1ccccc1[O-].O=C(O)c1ccccc1[O-].O=C(O)c1ccccc1[O-].[Mg+2].[Mg+2]. The third-order valence-corrected chi connectivity index (χ3v) is 4.89. The molecule has 0 amide bonds. The van der Waals surface area contributed by atoms with Gasteiger partial charge in [-0.3, -0.25) is 0 Å². The van der Waals surface area contributed by atoms with E-state index in [1.165, 1.54) is 72.8 Å². The summed E-state index contributed by atoms with van der Waals surface area (Å²) in [5.41, 5.74) is -0.535. The van der Waals surface area contributed by atoms with Gasteiger partial charge in [0, 0.05) is 17.9 Å². The first-order valence-electron chi connectivity index (χ1n) is 15.8. The Labute approximate surface area is 370 Å². The van der Waals surface area contributed by atoms with Gasteiger partial charge < -0.3 is 79.5 Å². The number of quaternary nitrogens is 2. The van der Waals surface area contributed by atoms with Gasteiger partial charge in [-0.25, -0.2) is 14.4 Å². The first-order chi connectivity index (χ1) is 25.5. The van der Waals surface area contributed by atoms with Crippen molar-refractivity contribution in [3.05, 3.63) is 89.5 Å². The molecule has 0 aromatic heterocycles. The zero-order chi connectivity index (χ0) is 45.2. The minimum absolute atomic E-state index is 0. The number of hydrogen-bond donors (Lipinski definition) is 5. The van der Waals surface area contributed by atoms with Crippen LogP contribution in [0.1, 0.15) is 51.8 Å². The minimum Gasteiger partial charge on any atom is -0.872 e. The van der Waals surface area contributed by atoms with Gasteiger partial charge in [0.2, 0.25) is 0 Å². The van der Waals surface area contributed by atoms with Crippen molar-refractivity contribution in [2.75, 3.05) is 68.6 Å². The number of rotatable bonds is 7. The molecule has 0 aliphatic carbocycles. The average molecular weight is 845 g/mol. The number of carbonyl (C=O) groups is 6. The van der Waals surface area contributed by atoms with Gasteiger partial charge >= 0.3 is 64.0 Å². The molecule has 0 spiro atoms. The van der Waals surface area contributed by atoms with Crippen LogP contribution in [0.15, 0.2) is 72.8 Å². The van der Waals surface area contributed by atoms with Crippen LogP contribution in [0, 0.1) is 0 Å². The molecule has 0 saturated carbocycles. The van der Waals surface area contributed by atoms with Crippen molar-refractivity contribution in [3.8, 4) is 17.2 Å². The second-order valence-electron chi connectivity index (χ2n) is 12.4. The van der Waals surface area contributed by atoms with E-state index < -0.39 is 53.1 Å². The van der Waals surface area contributed by atoms with Gasteiger partial charge in [0.25, 0.3) is 0 Å². The van der Waals surface area contributed by atoms with Gasteiger partial charge in [-0.05, 0) is 39.0 Å². The second kappa shape index (κ2) is 39.1. The van der Waals surface area contributed by atoms with E-state index in [1.54, 1.807) is 0 Å². The van der Waals surface area contributed by atoms with Crippen LogP contribution < -0.4 is 30.6 Å². The van der Waals surface area contributed by atoms with Crippen LogP contribution in [0.2, 0.25) is 0 Å². The molecule has 0 saturated heterocycles. The van der Waals surface area contributed by atoms with E-state index in [4.69, 9.17) is 55.2 Å². The molecule has 0 aliphatic rings. The van der Waals surface area contributed by atoms with Gasteiger partial charge in [-0.1, -0.05) is 71.8 Å². The van der Waals surface area contributed by atoms with E-state index in [2.05, 4.69) is 42.3 Å². The van der Waals surface area contributed by atoms with Crippen molar-refractivity contribution in [2.45, 2.75) is 20.8 Å². The molecule has 0 atom stereocenters. The summed E-state index contributed by atoms with van der Waals surface area (Å²) in [5.74, 6) is -8.12. The Morgan fingerprint density at radius 3 is 0.672 bits per heavy atom.